The smallest absolute Gasteiger partial charge is 0.545 e. The van der Waals surface area contributed by atoms with Gasteiger partial charge in [0.1, 0.15) is 5.69 Å². The number of anilines is 1. The van der Waals surface area contributed by atoms with E-state index in [4.69, 9.17) is 23.2 Å². The van der Waals surface area contributed by atoms with E-state index in [1.165, 1.54) is 12.1 Å². The molecule has 0 radical (unpaired) electrons. The number of carboxylic acids is 2. The molecule has 2 aliphatic rings. The summed E-state index contributed by atoms with van der Waals surface area (Å²) in [5.74, 6) is -2.45. The Balaban J connectivity index is 0.00000190. The van der Waals surface area contributed by atoms with Crippen LogP contribution in [0.5, 0.6) is 0 Å². The predicted octanol–water partition coefficient (Wildman–Crippen LogP) is -4.72. The third-order valence-corrected chi connectivity index (χ3v) is 8.56. The van der Waals surface area contributed by atoms with Crippen molar-refractivity contribution in [2.45, 2.75) is 19.4 Å². The maximum Gasteiger partial charge on any atom is 1.00 e. The number of piperidine rings is 1. The topological polar surface area (TPSA) is 141 Å². The van der Waals surface area contributed by atoms with E-state index < -0.39 is 11.9 Å². The Morgan fingerprint density at radius 2 is 1.70 bits per heavy atom. The Morgan fingerprint density at radius 1 is 1.08 bits per heavy atom. The minimum atomic E-state index is -1.30. The molecule has 1 aliphatic carbocycles. The number of rotatable bonds is 7. The van der Waals surface area contributed by atoms with Crippen LogP contribution in [-0.2, 0) is 6.42 Å². The van der Waals surface area contributed by atoms with E-state index in [-0.39, 0.29) is 89.1 Å². The number of hydrogen-bond donors (Lipinski definition) is 2. The second kappa shape index (κ2) is 11.5. The minimum Gasteiger partial charge on any atom is -0.545 e. The summed E-state index contributed by atoms with van der Waals surface area (Å²) in [4.78, 5) is 44.7. The second-order valence-corrected chi connectivity index (χ2v) is 10.4. The summed E-state index contributed by atoms with van der Waals surface area (Å²) in [5, 5.41) is 26.7. The van der Waals surface area contributed by atoms with Crippen molar-refractivity contribution in [2.24, 2.45) is 11.8 Å². The van der Waals surface area contributed by atoms with E-state index >= 15 is 0 Å². The summed E-state index contributed by atoms with van der Waals surface area (Å²) in [5.41, 5.74) is 2.00. The molecule has 1 aromatic carbocycles. The second-order valence-electron chi connectivity index (χ2n) is 8.71. The monoisotopic (exact) mass is 546 g/mol. The number of aromatic carboxylic acids is 2. The fraction of sp³-hybridized carbons (Fsp3) is 0.304. The van der Waals surface area contributed by atoms with Crippen molar-refractivity contribution in [3.8, 4) is 0 Å². The van der Waals surface area contributed by atoms with Crippen molar-refractivity contribution in [1.29, 1.82) is 0 Å². The summed E-state index contributed by atoms with van der Waals surface area (Å²) in [6.07, 6.45) is 0.228. The Labute approximate surface area is 250 Å². The maximum atomic E-state index is 12.6. The fourth-order valence-electron chi connectivity index (χ4n) is 4.55. The van der Waals surface area contributed by atoms with Crippen LogP contribution in [0.4, 0.5) is 5.13 Å². The maximum absolute atomic E-state index is 12.6. The molecular formula is C23H18Cl2Li2N4O5S. The molecule has 1 saturated heterocycles. The quantitative estimate of drug-likeness (QED) is 0.283. The number of carbonyl (C=O) groups is 3. The Hall–Kier alpha value is -1.89. The molecule has 0 spiro atoms. The van der Waals surface area contributed by atoms with Crippen LogP contribution in [0.15, 0.2) is 24.3 Å². The first-order chi connectivity index (χ1) is 16.6. The van der Waals surface area contributed by atoms with Gasteiger partial charge >= 0.3 is 37.7 Å². The molecule has 14 heteroatoms. The molecular weight excluding hydrogens is 529 g/mol. The van der Waals surface area contributed by atoms with E-state index in [1.807, 2.05) is 4.90 Å². The molecule has 5 rings (SSSR count). The molecule has 1 amide bonds. The summed E-state index contributed by atoms with van der Waals surface area (Å²) >= 11 is 13.3. The Bertz CT molecular complexity index is 1350. The average molecular weight is 547 g/mol. The number of hydrogen-bond acceptors (Lipinski definition) is 8. The number of thiazole rings is 1. The van der Waals surface area contributed by atoms with Crippen molar-refractivity contribution in [3.63, 3.8) is 0 Å². The number of nitrogens with zero attached hydrogens (tertiary/aromatic N) is 2. The van der Waals surface area contributed by atoms with Crippen LogP contribution in [0.3, 0.4) is 0 Å². The van der Waals surface area contributed by atoms with Crippen LogP contribution >= 0.6 is 34.5 Å². The number of aromatic nitrogens is 2. The van der Waals surface area contributed by atoms with Gasteiger partial charge in [-0.25, -0.2) is 4.98 Å². The number of amides is 1. The molecule has 182 valence electrons. The van der Waals surface area contributed by atoms with Gasteiger partial charge in [0, 0.05) is 43.1 Å². The first kappa shape index (κ1) is 29.7. The van der Waals surface area contributed by atoms with Crippen molar-refractivity contribution < 1.29 is 62.3 Å². The normalized spacial score (nSPS) is 19.4. The number of halogens is 2. The molecule has 0 unspecified atom stereocenters. The molecule has 2 N–H and O–H groups in total. The van der Waals surface area contributed by atoms with E-state index in [2.05, 4.69) is 15.3 Å². The molecule has 1 saturated carbocycles. The SMILES string of the molecule is Cc1[nH]c(C(=O)N[C@@H]2[C@@H]3CN(c4nc(Cc5ccc(C(=O)[O-])cc5)c(C(=O)[O-])s4)C[C@@H]32)c(Cl)c1Cl.[Li+].[Li+]. The van der Waals surface area contributed by atoms with Gasteiger partial charge in [0.2, 0.25) is 0 Å². The first-order valence-electron chi connectivity index (χ1n) is 10.7. The summed E-state index contributed by atoms with van der Waals surface area (Å²) in [6, 6.07) is 6.03. The fourth-order valence-corrected chi connectivity index (χ4v) is 5.91. The summed E-state index contributed by atoms with van der Waals surface area (Å²) < 4.78 is 0. The van der Waals surface area contributed by atoms with Gasteiger partial charge in [0.25, 0.3) is 5.91 Å². The van der Waals surface area contributed by atoms with Crippen LogP contribution in [0, 0.1) is 18.8 Å². The zero-order valence-corrected chi connectivity index (χ0v) is 22.6. The zero-order valence-electron chi connectivity index (χ0n) is 20.3. The van der Waals surface area contributed by atoms with Crippen molar-refractivity contribution in [2.75, 3.05) is 18.0 Å². The molecule has 37 heavy (non-hydrogen) atoms. The van der Waals surface area contributed by atoms with Gasteiger partial charge < -0.3 is 35.0 Å². The molecule has 3 atom stereocenters. The van der Waals surface area contributed by atoms with Gasteiger partial charge in [-0.3, -0.25) is 4.79 Å². The third kappa shape index (κ3) is 5.77. The number of fused-ring (bicyclic) bond motifs is 1. The number of carbonyl (C=O) groups excluding carboxylic acids is 3. The van der Waals surface area contributed by atoms with Crippen LogP contribution < -0.4 is 58.2 Å². The van der Waals surface area contributed by atoms with E-state index in [9.17, 15) is 24.6 Å². The molecule has 3 heterocycles. The van der Waals surface area contributed by atoms with Crippen molar-refractivity contribution >= 4 is 57.5 Å². The third-order valence-electron chi connectivity index (χ3n) is 6.48. The van der Waals surface area contributed by atoms with Crippen molar-refractivity contribution in [1.82, 2.24) is 15.3 Å². The van der Waals surface area contributed by atoms with Gasteiger partial charge in [-0.05, 0) is 18.1 Å². The molecule has 3 aromatic rings. The number of H-pyrrole nitrogens is 1. The zero-order chi connectivity index (χ0) is 25.0. The number of aryl methyl sites for hydroxylation is 1. The molecule has 2 aromatic heterocycles. The number of nitrogens with one attached hydrogen (secondary N) is 2. The number of carboxylic acid groups (broad SMARTS) is 2. The van der Waals surface area contributed by atoms with Gasteiger partial charge in [0.05, 0.1) is 32.6 Å². The minimum absolute atomic E-state index is 0. The van der Waals surface area contributed by atoms with E-state index in [1.54, 1.807) is 19.1 Å². The summed E-state index contributed by atoms with van der Waals surface area (Å²) in [6.45, 7) is 3.00. The van der Waals surface area contributed by atoms with Crippen LogP contribution in [0.2, 0.25) is 10.0 Å². The van der Waals surface area contributed by atoms with Gasteiger partial charge in [-0.1, -0.05) is 58.8 Å². The Kier molecular flexibility index (Phi) is 9.20. The number of aromatic amines is 1. The van der Waals surface area contributed by atoms with Crippen LogP contribution in [0.25, 0.3) is 0 Å². The molecule has 2 fully saturated rings. The largest absolute Gasteiger partial charge is 1.00 e. The van der Waals surface area contributed by atoms with Gasteiger partial charge in [0.15, 0.2) is 5.13 Å². The predicted molar refractivity (Wildman–Crippen MR) is 126 cm³/mol. The van der Waals surface area contributed by atoms with Gasteiger partial charge in [-0.15, -0.1) is 0 Å². The van der Waals surface area contributed by atoms with E-state index in [0.717, 1.165) is 16.9 Å². The Morgan fingerprint density at radius 3 is 2.22 bits per heavy atom. The molecule has 0 bridgehead atoms. The standard InChI is InChI=1S/C23H20Cl2N4O5S.2Li/c1-9-15(24)16(25)18(26-9)20(30)28-17-12-7-29(8-13(12)17)23-27-14(19(35-23)22(33)34)6-10-2-4-11(5-3-10)21(31)32;;/h2-5,12-13,17,26H,6-8H2,1H3,(H,28,30)(H,31,32)(H,33,34);;/q;2*+1/p-2/t12-,13+,17-;;. The molecule has 9 nitrogen and oxygen atoms in total. The first-order valence-corrected chi connectivity index (χ1v) is 12.3. The van der Waals surface area contributed by atoms with Gasteiger partial charge in [-0.2, -0.15) is 0 Å². The van der Waals surface area contributed by atoms with Crippen molar-refractivity contribution in [3.05, 3.63) is 67.4 Å². The summed E-state index contributed by atoms with van der Waals surface area (Å²) in [7, 11) is 0. The van der Waals surface area contributed by atoms with Crippen LogP contribution in [0.1, 0.15) is 47.5 Å². The average Bonchev–Trinajstić information content (AvgIpc) is 3.19. The van der Waals surface area contributed by atoms with Crippen LogP contribution in [-0.4, -0.2) is 46.9 Å². The number of benzene rings is 1. The molecule has 1 aliphatic heterocycles. The van der Waals surface area contributed by atoms with E-state index in [0.29, 0.717) is 34.6 Å².